The molecule has 0 bridgehead atoms. The van der Waals surface area contributed by atoms with E-state index in [4.69, 9.17) is 14.7 Å². The molecule has 1 aromatic carbocycles. The number of hydrogen-bond acceptors (Lipinski definition) is 6. The lowest BCUT2D eigenvalue weighted by atomic mass is 9.89. The van der Waals surface area contributed by atoms with Crippen LogP contribution in [0.3, 0.4) is 0 Å². The van der Waals surface area contributed by atoms with Crippen molar-refractivity contribution in [2.24, 2.45) is 0 Å². The van der Waals surface area contributed by atoms with Crippen molar-refractivity contribution in [3.63, 3.8) is 0 Å². The molecule has 0 spiro atoms. The topological polar surface area (TPSA) is 89.5 Å². The number of aryl methyl sites for hydroxylation is 2. The molecule has 3 aromatic heterocycles. The van der Waals surface area contributed by atoms with Crippen molar-refractivity contribution in [2.75, 3.05) is 0 Å². The van der Waals surface area contributed by atoms with Crippen LogP contribution >= 0.6 is 0 Å². The van der Waals surface area contributed by atoms with Crippen LogP contribution in [0, 0.1) is 25.5 Å². The van der Waals surface area contributed by atoms with E-state index in [0.29, 0.717) is 41.2 Å². The Bertz CT molecular complexity index is 1290. The molecule has 7 nitrogen and oxygen atoms in total. The van der Waals surface area contributed by atoms with Gasteiger partial charge in [0, 0.05) is 29.3 Å². The Hall–Kier alpha value is -3.33. The zero-order valence-corrected chi connectivity index (χ0v) is 17.9. The van der Waals surface area contributed by atoms with E-state index in [9.17, 15) is 8.78 Å². The molecule has 164 valence electrons. The maximum atomic E-state index is 14.7. The van der Waals surface area contributed by atoms with Crippen LogP contribution in [0.15, 0.2) is 30.6 Å². The predicted octanol–water partition coefficient (Wildman–Crippen LogP) is 4.73. The van der Waals surface area contributed by atoms with E-state index in [-0.39, 0.29) is 23.7 Å². The normalized spacial score (nSPS) is 21.2. The number of H-pyrrole nitrogens is 1. The van der Waals surface area contributed by atoms with Gasteiger partial charge in [0.2, 0.25) is 0 Å². The third kappa shape index (κ3) is 3.73. The summed E-state index contributed by atoms with van der Waals surface area (Å²) in [7, 11) is 0. The standard InChI is InChI=1S/C23H22F2N6O/c1-11-6-14(7-19(32-11)15-9-26-27-10-15)22-30-20(17-5-4-16(24)8-18(17)25)21-23(31-22)29-13(3)12(2)28-21/h4-5,8-11,14,19H,6-7H2,1-3H3,(H,26,27)/t11-,14+,19-/m1/s1. The highest BCUT2D eigenvalue weighted by Crippen LogP contribution is 2.40. The second kappa shape index (κ2) is 7.98. The molecular weight excluding hydrogens is 414 g/mol. The summed E-state index contributed by atoms with van der Waals surface area (Å²) >= 11 is 0. The van der Waals surface area contributed by atoms with Gasteiger partial charge in [0.15, 0.2) is 5.65 Å². The van der Waals surface area contributed by atoms with Gasteiger partial charge in [0.05, 0.1) is 29.8 Å². The Morgan fingerprint density at radius 3 is 2.59 bits per heavy atom. The van der Waals surface area contributed by atoms with Gasteiger partial charge in [-0.3, -0.25) is 5.10 Å². The SMILES string of the molecule is Cc1nc2nc([C@H]3C[C@@H](C)O[C@@H](c4cn[nH]c4)C3)nc(-c3ccc(F)cc3F)c2nc1C. The average molecular weight is 436 g/mol. The first kappa shape index (κ1) is 20.6. The number of ether oxygens (including phenoxy) is 1. The lowest BCUT2D eigenvalue weighted by Crippen LogP contribution is -2.26. The monoisotopic (exact) mass is 436 g/mol. The van der Waals surface area contributed by atoms with Gasteiger partial charge in [-0.05, 0) is 45.7 Å². The van der Waals surface area contributed by atoms with Gasteiger partial charge in [0.25, 0.3) is 0 Å². The van der Waals surface area contributed by atoms with Crippen molar-refractivity contribution in [3.05, 3.63) is 65.0 Å². The first-order valence-corrected chi connectivity index (χ1v) is 10.5. The Balaban J connectivity index is 1.66. The molecule has 0 saturated carbocycles. The molecule has 1 aliphatic heterocycles. The summed E-state index contributed by atoms with van der Waals surface area (Å²) in [5, 5.41) is 6.84. The van der Waals surface area contributed by atoms with Crippen molar-refractivity contribution >= 4 is 11.2 Å². The van der Waals surface area contributed by atoms with E-state index in [1.54, 1.807) is 6.20 Å². The number of nitrogens with zero attached hydrogens (tertiary/aromatic N) is 5. The van der Waals surface area contributed by atoms with Crippen molar-refractivity contribution in [1.29, 1.82) is 0 Å². The second-order valence-electron chi connectivity index (χ2n) is 8.26. The quantitative estimate of drug-likeness (QED) is 0.499. The lowest BCUT2D eigenvalue weighted by molar-refractivity contribution is -0.0511. The molecule has 3 atom stereocenters. The molecule has 1 aliphatic rings. The van der Waals surface area contributed by atoms with Gasteiger partial charge in [-0.1, -0.05) is 0 Å². The van der Waals surface area contributed by atoms with E-state index in [1.165, 1.54) is 12.1 Å². The number of halogens is 2. The van der Waals surface area contributed by atoms with Crippen molar-refractivity contribution in [3.8, 4) is 11.3 Å². The Kier molecular flexibility index (Phi) is 5.13. The van der Waals surface area contributed by atoms with Crippen LogP contribution in [0.25, 0.3) is 22.4 Å². The van der Waals surface area contributed by atoms with Crippen LogP contribution in [0.4, 0.5) is 8.78 Å². The number of fused-ring (bicyclic) bond motifs is 1. The van der Waals surface area contributed by atoms with Crippen LogP contribution in [-0.2, 0) is 4.74 Å². The molecule has 5 rings (SSSR count). The fraction of sp³-hybridized carbons (Fsp3) is 0.348. The molecule has 0 radical (unpaired) electrons. The number of hydrogen-bond donors (Lipinski definition) is 1. The van der Waals surface area contributed by atoms with Crippen LogP contribution in [-0.4, -0.2) is 36.2 Å². The van der Waals surface area contributed by atoms with Crippen LogP contribution in [0.1, 0.15) is 54.6 Å². The number of nitrogens with one attached hydrogen (secondary N) is 1. The summed E-state index contributed by atoms with van der Waals surface area (Å²) < 4.78 is 34.4. The van der Waals surface area contributed by atoms with E-state index in [1.807, 2.05) is 27.0 Å². The first-order chi connectivity index (χ1) is 15.4. The fourth-order valence-corrected chi connectivity index (χ4v) is 4.19. The van der Waals surface area contributed by atoms with Gasteiger partial charge >= 0.3 is 0 Å². The third-order valence-corrected chi connectivity index (χ3v) is 5.91. The molecule has 0 unspecified atom stereocenters. The van der Waals surface area contributed by atoms with Crippen molar-refractivity contribution < 1.29 is 13.5 Å². The lowest BCUT2D eigenvalue weighted by Gasteiger charge is -2.33. The molecule has 9 heteroatoms. The molecule has 0 amide bonds. The molecule has 32 heavy (non-hydrogen) atoms. The van der Waals surface area contributed by atoms with E-state index >= 15 is 0 Å². The van der Waals surface area contributed by atoms with Crippen LogP contribution in [0.2, 0.25) is 0 Å². The van der Waals surface area contributed by atoms with E-state index in [2.05, 4.69) is 20.2 Å². The number of aromatic amines is 1. The number of benzene rings is 1. The van der Waals surface area contributed by atoms with Crippen molar-refractivity contribution in [1.82, 2.24) is 30.1 Å². The van der Waals surface area contributed by atoms with Crippen LogP contribution < -0.4 is 0 Å². The minimum Gasteiger partial charge on any atom is -0.370 e. The zero-order chi connectivity index (χ0) is 22.4. The molecule has 1 saturated heterocycles. The summed E-state index contributed by atoms with van der Waals surface area (Å²) in [5.74, 6) is -0.831. The van der Waals surface area contributed by atoms with Crippen LogP contribution in [0.5, 0.6) is 0 Å². The van der Waals surface area contributed by atoms with Gasteiger partial charge in [0.1, 0.15) is 28.7 Å². The van der Waals surface area contributed by atoms with Gasteiger partial charge in [-0.25, -0.2) is 28.7 Å². The molecule has 1 fully saturated rings. The maximum Gasteiger partial charge on any atom is 0.182 e. The minimum atomic E-state index is -0.701. The van der Waals surface area contributed by atoms with Crippen molar-refractivity contribution in [2.45, 2.75) is 51.7 Å². The largest absolute Gasteiger partial charge is 0.370 e. The smallest absolute Gasteiger partial charge is 0.182 e. The maximum absolute atomic E-state index is 14.7. The molecule has 4 heterocycles. The highest BCUT2D eigenvalue weighted by molar-refractivity contribution is 5.87. The van der Waals surface area contributed by atoms with Gasteiger partial charge in [-0.15, -0.1) is 0 Å². The summed E-state index contributed by atoms with van der Waals surface area (Å²) in [4.78, 5) is 18.7. The Morgan fingerprint density at radius 2 is 1.84 bits per heavy atom. The summed E-state index contributed by atoms with van der Waals surface area (Å²) in [5.41, 5.74) is 3.69. The molecule has 0 aliphatic carbocycles. The van der Waals surface area contributed by atoms with E-state index in [0.717, 1.165) is 17.3 Å². The Labute approximate surface area is 183 Å². The number of rotatable bonds is 3. The highest BCUT2D eigenvalue weighted by atomic mass is 19.1. The molecule has 4 aromatic rings. The third-order valence-electron chi connectivity index (χ3n) is 5.91. The van der Waals surface area contributed by atoms with Gasteiger partial charge in [-0.2, -0.15) is 5.10 Å². The minimum absolute atomic E-state index is 0.0233. The highest BCUT2D eigenvalue weighted by Gasteiger charge is 2.32. The van der Waals surface area contributed by atoms with Gasteiger partial charge < -0.3 is 4.74 Å². The first-order valence-electron chi connectivity index (χ1n) is 10.5. The number of aromatic nitrogens is 6. The predicted molar refractivity (Wildman–Crippen MR) is 114 cm³/mol. The summed E-state index contributed by atoms with van der Waals surface area (Å²) in [6.45, 7) is 5.69. The second-order valence-corrected chi connectivity index (χ2v) is 8.26. The zero-order valence-electron chi connectivity index (χ0n) is 17.9. The molecular formula is C23H22F2N6O. The Morgan fingerprint density at radius 1 is 1.03 bits per heavy atom. The molecule has 1 N–H and O–H groups in total. The van der Waals surface area contributed by atoms with E-state index < -0.39 is 11.6 Å². The average Bonchev–Trinajstić information content (AvgIpc) is 3.29. The fourth-order valence-electron chi connectivity index (χ4n) is 4.19. The summed E-state index contributed by atoms with van der Waals surface area (Å²) in [6.07, 6.45) is 4.75. The summed E-state index contributed by atoms with van der Waals surface area (Å²) in [6, 6.07) is 3.45.